The monoisotopic (exact) mass is 246 g/mol. The predicted molar refractivity (Wildman–Crippen MR) is 62.3 cm³/mol. The summed E-state index contributed by atoms with van der Waals surface area (Å²) in [5.74, 6) is -0.0770. The molecular formula is C11H22N2O4. The fourth-order valence-electron chi connectivity index (χ4n) is 2.01. The van der Waals surface area contributed by atoms with Gasteiger partial charge in [0.05, 0.1) is 25.9 Å². The van der Waals surface area contributed by atoms with Gasteiger partial charge in [0, 0.05) is 0 Å². The number of amides is 1. The van der Waals surface area contributed by atoms with Gasteiger partial charge in [-0.15, -0.1) is 0 Å². The van der Waals surface area contributed by atoms with Crippen molar-refractivity contribution >= 4 is 5.91 Å². The molecule has 0 aromatic heterocycles. The van der Waals surface area contributed by atoms with Crippen LogP contribution in [-0.4, -0.2) is 59.2 Å². The van der Waals surface area contributed by atoms with Gasteiger partial charge in [0.2, 0.25) is 5.91 Å². The van der Waals surface area contributed by atoms with Gasteiger partial charge >= 0.3 is 0 Å². The van der Waals surface area contributed by atoms with E-state index in [-0.39, 0.29) is 17.9 Å². The van der Waals surface area contributed by atoms with E-state index in [1.165, 1.54) is 0 Å². The molecule has 2 unspecified atom stereocenters. The Kier molecular flexibility index (Phi) is 5.32. The number of carbonyl (C=O) groups excluding carboxylic acids is 1. The van der Waals surface area contributed by atoms with Gasteiger partial charge in [-0.05, 0) is 25.3 Å². The lowest BCUT2D eigenvalue weighted by Gasteiger charge is -2.34. The molecule has 1 rings (SSSR count). The van der Waals surface area contributed by atoms with Crippen molar-refractivity contribution < 1.29 is 20.1 Å². The summed E-state index contributed by atoms with van der Waals surface area (Å²) in [5, 5.41) is 33.0. The average Bonchev–Trinajstić information content (AvgIpc) is 2.36. The SMILES string of the molecule is CC1CCCNC1C(=O)NC(CO)(CO)CO. The van der Waals surface area contributed by atoms with Gasteiger partial charge in [0.1, 0.15) is 5.54 Å². The van der Waals surface area contributed by atoms with E-state index >= 15 is 0 Å². The van der Waals surface area contributed by atoms with Gasteiger partial charge in [-0.2, -0.15) is 0 Å². The molecule has 1 aliphatic rings. The molecule has 0 bridgehead atoms. The number of aliphatic hydroxyl groups is 3. The van der Waals surface area contributed by atoms with E-state index in [1.54, 1.807) is 0 Å². The van der Waals surface area contributed by atoms with Gasteiger partial charge in [0.25, 0.3) is 0 Å². The van der Waals surface area contributed by atoms with Crippen LogP contribution in [0.2, 0.25) is 0 Å². The molecule has 1 aliphatic heterocycles. The highest BCUT2D eigenvalue weighted by molar-refractivity contribution is 5.83. The van der Waals surface area contributed by atoms with E-state index in [0.717, 1.165) is 19.4 Å². The molecule has 5 N–H and O–H groups in total. The van der Waals surface area contributed by atoms with Gasteiger partial charge < -0.3 is 26.0 Å². The van der Waals surface area contributed by atoms with Gasteiger partial charge in [-0.1, -0.05) is 6.92 Å². The summed E-state index contributed by atoms with van der Waals surface area (Å²) >= 11 is 0. The quantitative estimate of drug-likeness (QED) is 0.394. The summed E-state index contributed by atoms with van der Waals surface area (Å²) < 4.78 is 0. The third-order valence-corrected chi connectivity index (χ3v) is 3.35. The molecule has 0 aromatic rings. The maximum absolute atomic E-state index is 12.0. The van der Waals surface area contributed by atoms with Gasteiger partial charge in [0.15, 0.2) is 0 Å². The molecule has 0 saturated carbocycles. The van der Waals surface area contributed by atoms with Crippen molar-refractivity contribution in [3.05, 3.63) is 0 Å². The Morgan fingerprint density at radius 1 is 1.35 bits per heavy atom. The first-order chi connectivity index (χ1) is 8.08. The first kappa shape index (κ1) is 14.4. The van der Waals surface area contributed by atoms with Crippen LogP contribution >= 0.6 is 0 Å². The van der Waals surface area contributed by atoms with Gasteiger partial charge in [-0.25, -0.2) is 0 Å². The van der Waals surface area contributed by atoms with E-state index in [0.29, 0.717) is 0 Å². The van der Waals surface area contributed by atoms with E-state index in [2.05, 4.69) is 10.6 Å². The Labute approximate surface area is 101 Å². The van der Waals surface area contributed by atoms with Crippen LogP contribution in [0.5, 0.6) is 0 Å². The standard InChI is InChI=1S/C11H22N2O4/c1-8-3-2-4-12-9(8)10(17)13-11(5-14,6-15)7-16/h8-9,12,14-16H,2-7H2,1H3,(H,13,17). The number of carbonyl (C=O) groups is 1. The third kappa shape index (κ3) is 3.38. The largest absolute Gasteiger partial charge is 0.394 e. The van der Waals surface area contributed by atoms with E-state index in [9.17, 15) is 4.79 Å². The Balaban J connectivity index is 2.63. The van der Waals surface area contributed by atoms with Crippen molar-refractivity contribution in [1.29, 1.82) is 0 Å². The van der Waals surface area contributed by atoms with Crippen LogP contribution in [-0.2, 0) is 4.79 Å². The first-order valence-electron chi connectivity index (χ1n) is 5.96. The topological polar surface area (TPSA) is 102 Å². The van der Waals surface area contributed by atoms with Crippen molar-refractivity contribution in [2.75, 3.05) is 26.4 Å². The maximum Gasteiger partial charge on any atom is 0.238 e. The fourth-order valence-corrected chi connectivity index (χ4v) is 2.01. The second-order valence-corrected chi connectivity index (χ2v) is 4.80. The maximum atomic E-state index is 12.0. The van der Waals surface area contributed by atoms with Crippen LogP contribution < -0.4 is 10.6 Å². The van der Waals surface area contributed by atoms with E-state index < -0.39 is 25.4 Å². The Hall–Kier alpha value is -0.690. The predicted octanol–water partition coefficient (Wildman–Crippen LogP) is -1.79. The van der Waals surface area contributed by atoms with E-state index in [1.807, 2.05) is 6.92 Å². The molecule has 6 heteroatoms. The minimum absolute atomic E-state index is 0.206. The average molecular weight is 246 g/mol. The lowest BCUT2D eigenvalue weighted by molar-refractivity contribution is -0.129. The number of piperidine rings is 1. The number of nitrogens with one attached hydrogen (secondary N) is 2. The van der Waals surface area contributed by atoms with Crippen LogP contribution in [0, 0.1) is 5.92 Å². The number of hydrogen-bond donors (Lipinski definition) is 5. The highest BCUT2D eigenvalue weighted by Gasteiger charge is 2.35. The zero-order valence-corrected chi connectivity index (χ0v) is 10.1. The molecule has 17 heavy (non-hydrogen) atoms. The van der Waals surface area contributed by atoms with Crippen molar-refractivity contribution in [3.8, 4) is 0 Å². The molecule has 0 spiro atoms. The second kappa shape index (κ2) is 6.30. The smallest absolute Gasteiger partial charge is 0.238 e. The Bertz CT molecular complexity index is 248. The molecule has 1 heterocycles. The number of rotatable bonds is 5. The molecule has 2 atom stereocenters. The summed E-state index contributed by atoms with van der Waals surface area (Å²) in [7, 11) is 0. The molecule has 100 valence electrons. The van der Waals surface area contributed by atoms with Crippen molar-refractivity contribution in [3.63, 3.8) is 0 Å². The highest BCUT2D eigenvalue weighted by Crippen LogP contribution is 2.16. The molecule has 0 radical (unpaired) electrons. The minimum atomic E-state index is -1.34. The van der Waals surface area contributed by atoms with Crippen LogP contribution in [0.25, 0.3) is 0 Å². The molecule has 1 saturated heterocycles. The normalized spacial score (nSPS) is 25.6. The zero-order chi connectivity index (χ0) is 12.9. The molecule has 0 aliphatic carbocycles. The van der Waals surface area contributed by atoms with Crippen LogP contribution in [0.4, 0.5) is 0 Å². The highest BCUT2D eigenvalue weighted by atomic mass is 16.3. The molecule has 6 nitrogen and oxygen atoms in total. The second-order valence-electron chi connectivity index (χ2n) is 4.80. The lowest BCUT2D eigenvalue weighted by atomic mass is 9.91. The number of hydrogen-bond acceptors (Lipinski definition) is 5. The van der Waals surface area contributed by atoms with E-state index in [4.69, 9.17) is 15.3 Å². The lowest BCUT2D eigenvalue weighted by Crippen LogP contribution is -2.62. The van der Waals surface area contributed by atoms with Gasteiger partial charge in [-0.3, -0.25) is 4.79 Å². The third-order valence-electron chi connectivity index (χ3n) is 3.35. The molecule has 1 amide bonds. The fraction of sp³-hybridized carbons (Fsp3) is 0.909. The number of aliphatic hydroxyl groups excluding tert-OH is 3. The molecular weight excluding hydrogens is 224 g/mol. The Morgan fingerprint density at radius 3 is 2.41 bits per heavy atom. The minimum Gasteiger partial charge on any atom is -0.394 e. The van der Waals surface area contributed by atoms with Crippen LogP contribution in [0.15, 0.2) is 0 Å². The summed E-state index contributed by atoms with van der Waals surface area (Å²) in [6.07, 6.45) is 2.01. The summed E-state index contributed by atoms with van der Waals surface area (Å²) in [4.78, 5) is 12.0. The van der Waals surface area contributed by atoms with Crippen LogP contribution in [0.3, 0.4) is 0 Å². The Morgan fingerprint density at radius 2 is 1.94 bits per heavy atom. The van der Waals surface area contributed by atoms with Crippen molar-refractivity contribution in [1.82, 2.24) is 10.6 Å². The summed E-state index contributed by atoms with van der Waals surface area (Å²) in [5.41, 5.74) is -1.34. The van der Waals surface area contributed by atoms with Crippen molar-refractivity contribution in [2.24, 2.45) is 5.92 Å². The molecule has 0 aromatic carbocycles. The summed E-state index contributed by atoms with van der Waals surface area (Å²) in [6.45, 7) is 1.29. The van der Waals surface area contributed by atoms with Crippen LogP contribution in [0.1, 0.15) is 19.8 Å². The zero-order valence-electron chi connectivity index (χ0n) is 10.1. The summed E-state index contributed by atoms with van der Waals surface area (Å²) in [6, 6.07) is -0.326. The van der Waals surface area contributed by atoms with Crippen molar-refractivity contribution in [2.45, 2.75) is 31.3 Å². The first-order valence-corrected chi connectivity index (χ1v) is 5.96. The molecule has 1 fully saturated rings.